The van der Waals surface area contributed by atoms with Crippen molar-refractivity contribution >= 4 is 22.6 Å². The Morgan fingerprint density at radius 2 is 1.94 bits per heavy atom. The van der Waals surface area contributed by atoms with Gasteiger partial charge in [0, 0.05) is 17.4 Å². The van der Waals surface area contributed by atoms with Crippen molar-refractivity contribution in [2.24, 2.45) is 11.8 Å². The predicted octanol–water partition coefficient (Wildman–Crippen LogP) is 5.33. The molecule has 1 aliphatic carbocycles. The first-order valence-electron chi connectivity index (χ1n) is 10.8. The summed E-state index contributed by atoms with van der Waals surface area (Å²) in [5.41, 5.74) is 5.41. The predicted molar refractivity (Wildman–Crippen MR) is 116 cm³/mol. The molecule has 2 aromatic carbocycles. The Morgan fingerprint density at radius 1 is 1.12 bits per heavy atom. The summed E-state index contributed by atoms with van der Waals surface area (Å²) in [5.74, 6) is 0.432. The van der Waals surface area contributed by atoms with Gasteiger partial charge < -0.3 is 9.88 Å². The number of fused-ring (bicyclic) bond motifs is 1. The molecule has 2 fully saturated rings. The molecule has 6 nitrogen and oxygen atoms in total. The van der Waals surface area contributed by atoms with E-state index < -0.39 is 6.30 Å². The van der Waals surface area contributed by atoms with Gasteiger partial charge in [-0.2, -0.15) is 9.78 Å². The fourth-order valence-electron chi connectivity index (χ4n) is 4.94. The smallest absolute Gasteiger partial charge is 0.345 e. The number of benzene rings is 2. The first-order chi connectivity index (χ1) is 15.8. The van der Waals surface area contributed by atoms with Gasteiger partial charge in [-0.3, -0.25) is 4.79 Å². The molecule has 6 rings (SSSR count). The van der Waals surface area contributed by atoms with Crippen LogP contribution < -0.4 is 4.90 Å². The van der Waals surface area contributed by atoms with E-state index in [0.29, 0.717) is 17.0 Å². The van der Waals surface area contributed by atoms with E-state index in [-0.39, 0.29) is 22.5 Å². The number of aromatic amines is 1. The highest BCUT2D eigenvalue weighted by Gasteiger charge is 2.55. The quantitative estimate of drug-likeness (QED) is 0.427. The van der Waals surface area contributed by atoms with Crippen molar-refractivity contribution in [3.05, 3.63) is 66.2 Å². The minimum Gasteiger partial charge on any atom is -0.345 e. The molecule has 2 aliphatic rings. The Labute approximate surface area is 187 Å². The lowest BCUT2D eigenvalue weighted by molar-refractivity contribution is -0.212. The summed E-state index contributed by atoms with van der Waals surface area (Å²) in [7, 11) is 0. The second-order valence-corrected chi connectivity index (χ2v) is 8.84. The number of aryl methyl sites for hydroxylation is 1. The normalized spacial score (nSPS) is 21.0. The molecule has 1 saturated carbocycles. The van der Waals surface area contributed by atoms with E-state index in [1.807, 2.05) is 48.2 Å². The number of carbonyl (C=O) groups excluding carboxylic acids is 1. The van der Waals surface area contributed by atoms with Crippen LogP contribution in [0.25, 0.3) is 22.2 Å². The van der Waals surface area contributed by atoms with Gasteiger partial charge >= 0.3 is 6.30 Å². The number of anilines is 1. The molecule has 0 bridgehead atoms. The molecule has 1 saturated heterocycles. The number of aromatic nitrogens is 4. The SMILES string of the molecule is Cc1cc([C@H]2C(C3CC3)C(=O)N2c2ccc3[nH]cnc3c2)ccc1-c1cnn(C(F)(F)F)c1. The number of nitrogens with one attached hydrogen (secondary N) is 1. The fourth-order valence-corrected chi connectivity index (χ4v) is 4.94. The molecule has 168 valence electrons. The molecular weight excluding hydrogens is 431 g/mol. The van der Waals surface area contributed by atoms with Gasteiger partial charge in [-0.25, -0.2) is 4.98 Å². The molecule has 9 heteroatoms. The monoisotopic (exact) mass is 451 g/mol. The molecule has 2 atom stereocenters. The lowest BCUT2D eigenvalue weighted by atomic mass is 9.78. The second-order valence-electron chi connectivity index (χ2n) is 8.84. The molecule has 2 aromatic heterocycles. The maximum Gasteiger partial charge on any atom is 0.504 e. The summed E-state index contributed by atoms with van der Waals surface area (Å²) >= 11 is 0. The van der Waals surface area contributed by atoms with Gasteiger partial charge in [-0.15, -0.1) is 13.2 Å². The molecule has 1 unspecified atom stereocenters. The molecule has 0 spiro atoms. The van der Waals surface area contributed by atoms with E-state index in [0.717, 1.165) is 46.9 Å². The molecule has 33 heavy (non-hydrogen) atoms. The third-order valence-electron chi connectivity index (χ3n) is 6.70. The maximum absolute atomic E-state index is 13.2. The van der Waals surface area contributed by atoms with E-state index in [4.69, 9.17) is 0 Å². The summed E-state index contributed by atoms with van der Waals surface area (Å²) in [5, 5.41) is 3.45. The van der Waals surface area contributed by atoms with Gasteiger partial charge in [0.25, 0.3) is 0 Å². The van der Waals surface area contributed by atoms with Gasteiger partial charge in [-0.05, 0) is 60.6 Å². The van der Waals surface area contributed by atoms with Crippen LogP contribution in [0.3, 0.4) is 0 Å². The van der Waals surface area contributed by atoms with Crippen molar-refractivity contribution in [3.63, 3.8) is 0 Å². The van der Waals surface area contributed by atoms with Crippen molar-refractivity contribution < 1.29 is 18.0 Å². The number of β-lactam (4-membered cyclic amide) rings is 1. The zero-order valence-electron chi connectivity index (χ0n) is 17.7. The summed E-state index contributed by atoms with van der Waals surface area (Å²) in [4.78, 5) is 22.3. The number of halogens is 3. The van der Waals surface area contributed by atoms with Crippen LogP contribution >= 0.6 is 0 Å². The van der Waals surface area contributed by atoms with E-state index >= 15 is 0 Å². The van der Waals surface area contributed by atoms with Gasteiger partial charge in [0.05, 0.1) is 35.5 Å². The summed E-state index contributed by atoms with van der Waals surface area (Å²) in [6, 6.07) is 11.4. The number of carbonyl (C=O) groups is 1. The van der Waals surface area contributed by atoms with Gasteiger partial charge in [0.15, 0.2) is 0 Å². The van der Waals surface area contributed by atoms with E-state index in [1.54, 1.807) is 6.33 Å². The number of hydrogen-bond acceptors (Lipinski definition) is 3. The highest BCUT2D eigenvalue weighted by molar-refractivity contribution is 6.04. The summed E-state index contributed by atoms with van der Waals surface area (Å²) < 4.78 is 38.8. The van der Waals surface area contributed by atoms with Crippen LogP contribution in [-0.2, 0) is 11.1 Å². The molecule has 1 N–H and O–H groups in total. The zero-order chi connectivity index (χ0) is 22.9. The number of rotatable bonds is 4. The topological polar surface area (TPSA) is 66.8 Å². The summed E-state index contributed by atoms with van der Waals surface area (Å²) in [6.45, 7) is 1.87. The average Bonchev–Trinajstić information content (AvgIpc) is 3.25. The lowest BCUT2D eigenvalue weighted by Crippen LogP contribution is -2.56. The van der Waals surface area contributed by atoms with Crippen LogP contribution in [0.1, 0.15) is 30.0 Å². The van der Waals surface area contributed by atoms with Gasteiger partial charge in [0.2, 0.25) is 5.91 Å². The zero-order valence-corrected chi connectivity index (χ0v) is 17.7. The summed E-state index contributed by atoms with van der Waals surface area (Å²) in [6.07, 6.45) is 1.39. The van der Waals surface area contributed by atoms with Crippen molar-refractivity contribution in [1.29, 1.82) is 0 Å². The molecule has 0 radical (unpaired) electrons. The number of H-pyrrole nitrogens is 1. The van der Waals surface area contributed by atoms with E-state index in [9.17, 15) is 18.0 Å². The second kappa shape index (κ2) is 6.94. The lowest BCUT2D eigenvalue weighted by Gasteiger charge is -2.48. The number of alkyl halides is 3. The third-order valence-corrected chi connectivity index (χ3v) is 6.70. The average molecular weight is 451 g/mol. The molecular formula is C24H20F3N5O. The standard InChI is InChI=1S/C24H20F3N5O/c1-13-8-15(4-6-18(13)16-10-30-31(11-16)24(25,26)27)22-21(14-2-3-14)23(33)32(22)17-5-7-19-20(9-17)29-12-28-19/h4-12,14,21-22H,2-3H2,1H3,(H,28,29)/t21?,22-/m0/s1. The largest absolute Gasteiger partial charge is 0.504 e. The van der Waals surface area contributed by atoms with Crippen molar-refractivity contribution in [2.75, 3.05) is 4.90 Å². The van der Waals surface area contributed by atoms with Crippen LogP contribution in [0.4, 0.5) is 18.9 Å². The Balaban J connectivity index is 1.36. The van der Waals surface area contributed by atoms with Crippen LogP contribution in [0.15, 0.2) is 55.1 Å². The molecule has 1 amide bonds. The first kappa shape index (κ1) is 20.0. The number of hydrogen-bond donors (Lipinski definition) is 1. The number of nitrogens with zero attached hydrogens (tertiary/aromatic N) is 4. The van der Waals surface area contributed by atoms with E-state index in [2.05, 4.69) is 15.1 Å². The Kier molecular flexibility index (Phi) is 4.21. The molecule has 1 aliphatic heterocycles. The minimum absolute atomic E-state index is 0.0102. The minimum atomic E-state index is -4.55. The fraction of sp³-hybridized carbons (Fsp3) is 0.292. The van der Waals surface area contributed by atoms with Crippen molar-refractivity contribution in [2.45, 2.75) is 32.1 Å². The third kappa shape index (κ3) is 3.21. The highest BCUT2D eigenvalue weighted by atomic mass is 19.4. The first-order valence-corrected chi connectivity index (χ1v) is 10.8. The van der Waals surface area contributed by atoms with Gasteiger partial charge in [0.1, 0.15) is 0 Å². The van der Waals surface area contributed by atoms with Crippen LogP contribution in [-0.4, -0.2) is 25.7 Å². The number of amides is 1. The van der Waals surface area contributed by atoms with Gasteiger partial charge in [-0.1, -0.05) is 18.2 Å². The Morgan fingerprint density at radius 3 is 2.64 bits per heavy atom. The van der Waals surface area contributed by atoms with Crippen LogP contribution in [0.2, 0.25) is 0 Å². The Bertz CT molecular complexity index is 1380. The Hall–Kier alpha value is -3.62. The van der Waals surface area contributed by atoms with Crippen molar-refractivity contribution in [1.82, 2.24) is 19.7 Å². The number of imidazole rings is 1. The molecule has 3 heterocycles. The van der Waals surface area contributed by atoms with Crippen LogP contribution in [0, 0.1) is 18.8 Å². The highest BCUT2D eigenvalue weighted by Crippen LogP contribution is 2.54. The maximum atomic E-state index is 13.2. The van der Waals surface area contributed by atoms with Crippen molar-refractivity contribution in [3.8, 4) is 11.1 Å². The van der Waals surface area contributed by atoms with E-state index in [1.165, 1.54) is 6.20 Å². The van der Waals surface area contributed by atoms with Crippen LogP contribution in [0.5, 0.6) is 0 Å². The molecule has 4 aromatic rings.